The Hall–Kier alpha value is -1.72. The van der Waals surface area contributed by atoms with Crippen LogP contribution < -0.4 is 10.6 Å². The fourth-order valence-corrected chi connectivity index (χ4v) is 7.55. The molecular formula is C25H38N2O4. The molecule has 0 aromatic heterocycles. The minimum Gasteiger partial charge on any atom is -0.356 e. The lowest BCUT2D eigenvalue weighted by molar-refractivity contribution is -0.136. The van der Waals surface area contributed by atoms with E-state index in [0.717, 1.165) is 25.7 Å². The normalized spacial score (nSPS) is 41.6. The fourth-order valence-electron chi connectivity index (χ4n) is 7.55. The number of carbonyl (C=O) groups is 4. The summed E-state index contributed by atoms with van der Waals surface area (Å²) in [7, 11) is 0. The van der Waals surface area contributed by atoms with E-state index >= 15 is 0 Å². The molecule has 4 bridgehead atoms. The van der Waals surface area contributed by atoms with Crippen LogP contribution in [0.15, 0.2) is 0 Å². The van der Waals surface area contributed by atoms with Gasteiger partial charge in [0.1, 0.15) is 11.6 Å². The molecule has 0 aromatic carbocycles. The molecule has 0 saturated heterocycles. The second-order valence-electron chi connectivity index (χ2n) is 12.1. The number of rotatable bonds is 6. The van der Waals surface area contributed by atoms with Gasteiger partial charge in [0, 0.05) is 36.8 Å². The number of Topliss-reactive ketones (excluding diaryl/α,β-unsaturated/α-hetero) is 2. The number of ketones is 2. The van der Waals surface area contributed by atoms with Crippen LogP contribution in [-0.4, -0.2) is 36.5 Å². The van der Waals surface area contributed by atoms with E-state index in [1.54, 1.807) is 0 Å². The molecule has 4 fully saturated rings. The third-order valence-electron chi connectivity index (χ3n) is 11.2. The quantitative estimate of drug-likeness (QED) is 0.633. The Kier molecular flexibility index (Phi) is 4.65. The summed E-state index contributed by atoms with van der Waals surface area (Å²) < 4.78 is 0. The van der Waals surface area contributed by atoms with Crippen LogP contribution in [0.5, 0.6) is 0 Å². The van der Waals surface area contributed by atoms with E-state index in [1.165, 1.54) is 0 Å². The van der Waals surface area contributed by atoms with E-state index in [4.69, 9.17) is 0 Å². The first kappa shape index (κ1) is 22.5. The molecular weight excluding hydrogens is 392 g/mol. The molecule has 0 heterocycles. The highest BCUT2D eigenvalue weighted by atomic mass is 16.2. The maximum absolute atomic E-state index is 13.1. The maximum atomic E-state index is 13.1. The van der Waals surface area contributed by atoms with Gasteiger partial charge in [0.05, 0.1) is 10.8 Å². The molecule has 6 heteroatoms. The Morgan fingerprint density at radius 1 is 0.677 bits per heavy atom. The summed E-state index contributed by atoms with van der Waals surface area (Å²) in [5.41, 5.74) is -2.71. The molecule has 0 spiro atoms. The lowest BCUT2D eigenvalue weighted by Crippen LogP contribution is -2.48. The zero-order valence-electron chi connectivity index (χ0n) is 20.0. The van der Waals surface area contributed by atoms with Gasteiger partial charge in [0.2, 0.25) is 11.8 Å². The fraction of sp³-hybridized carbons (Fsp3) is 0.840. The Balaban J connectivity index is 1.30. The van der Waals surface area contributed by atoms with Crippen molar-refractivity contribution >= 4 is 23.4 Å². The molecule has 0 radical (unpaired) electrons. The van der Waals surface area contributed by atoms with E-state index in [9.17, 15) is 19.2 Å². The van der Waals surface area contributed by atoms with Crippen LogP contribution in [0.25, 0.3) is 0 Å². The zero-order chi connectivity index (χ0) is 23.1. The molecule has 0 aliphatic heterocycles. The molecule has 4 aliphatic carbocycles. The Morgan fingerprint density at radius 2 is 1.03 bits per heavy atom. The van der Waals surface area contributed by atoms with Gasteiger partial charge in [-0.25, -0.2) is 0 Å². The molecule has 4 atom stereocenters. The molecule has 4 rings (SSSR count). The summed E-state index contributed by atoms with van der Waals surface area (Å²) in [4.78, 5) is 51.3. The van der Waals surface area contributed by atoms with Gasteiger partial charge in [0.15, 0.2) is 0 Å². The lowest BCUT2D eigenvalue weighted by atomic mass is 9.64. The molecule has 4 aliphatic rings. The number of carbonyl (C=O) groups excluding carboxylic acids is 4. The summed E-state index contributed by atoms with van der Waals surface area (Å²) >= 11 is 0. The zero-order valence-corrected chi connectivity index (χ0v) is 20.0. The summed E-state index contributed by atoms with van der Waals surface area (Å²) in [5, 5.41) is 6.09. The largest absolute Gasteiger partial charge is 0.356 e. The Bertz CT molecular complexity index is 807. The van der Waals surface area contributed by atoms with Crippen molar-refractivity contribution in [3.63, 3.8) is 0 Å². The van der Waals surface area contributed by atoms with Crippen LogP contribution in [0.4, 0.5) is 0 Å². The first-order valence-electron chi connectivity index (χ1n) is 11.9. The van der Waals surface area contributed by atoms with Crippen LogP contribution in [0.2, 0.25) is 0 Å². The van der Waals surface area contributed by atoms with Gasteiger partial charge >= 0.3 is 0 Å². The van der Waals surface area contributed by atoms with Gasteiger partial charge in [-0.2, -0.15) is 0 Å². The minimum atomic E-state index is -0.608. The van der Waals surface area contributed by atoms with Gasteiger partial charge < -0.3 is 10.6 Å². The first-order valence-corrected chi connectivity index (χ1v) is 11.9. The van der Waals surface area contributed by atoms with Gasteiger partial charge in [-0.1, -0.05) is 41.5 Å². The monoisotopic (exact) mass is 430 g/mol. The standard InChI is InChI=1S/C25H38N2O4/c1-20(2)22(5)8-10-24(20,14-16(22)28)18(30)26-12-7-13-27-19(31)25-11-9-23(6,17(29)15-25)21(25,3)4/h7-15H2,1-6H3,(H,26,30)(H,27,31)/t22-,23+,24-,25-/m1/s1. The minimum absolute atomic E-state index is 0.0222. The number of hydrogen-bond acceptors (Lipinski definition) is 4. The average molecular weight is 431 g/mol. The summed E-state index contributed by atoms with van der Waals surface area (Å²) in [6.07, 6.45) is 4.37. The van der Waals surface area contributed by atoms with Crippen LogP contribution in [0.1, 0.15) is 86.5 Å². The number of nitrogens with one attached hydrogen (secondary N) is 2. The molecule has 0 unspecified atom stereocenters. The molecule has 31 heavy (non-hydrogen) atoms. The summed E-state index contributed by atoms with van der Waals surface area (Å²) in [6.45, 7) is 13.2. The molecule has 2 N–H and O–H groups in total. The molecule has 2 amide bonds. The number of fused-ring (bicyclic) bond motifs is 4. The SMILES string of the molecule is CC1(C)[C@]2(C(=O)NCCCNC(=O)[C@@]34CC[C@](C)(C(=O)C3)C4(C)C)CC[C@@]1(C)C(=O)C2. The van der Waals surface area contributed by atoms with Crippen molar-refractivity contribution < 1.29 is 19.2 Å². The van der Waals surface area contributed by atoms with E-state index in [2.05, 4.69) is 38.3 Å². The number of hydrogen-bond donors (Lipinski definition) is 2. The van der Waals surface area contributed by atoms with Crippen LogP contribution in [-0.2, 0) is 19.2 Å². The average Bonchev–Trinajstić information content (AvgIpc) is 3.15. The predicted molar refractivity (Wildman–Crippen MR) is 117 cm³/mol. The van der Waals surface area contributed by atoms with Gasteiger partial charge in [0.25, 0.3) is 0 Å². The van der Waals surface area contributed by atoms with Crippen molar-refractivity contribution in [1.29, 1.82) is 0 Å². The molecule has 4 saturated carbocycles. The number of amides is 2. The molecule has 6 nitrogen and oxygen atoms in total. The third-order valence-corrected chi connectivity index (χ3v) is 11.2. The van der Waals surface area contributed by atoms with Gasteiger partial charge in [-0.3, -0.25) is 19.2 Å². The topological polar surface area (TPSA) is 92.3 Å². The summed E-state index contributed by atoms with van der Waals surface area (Å²) in [6, 6.07) is 0. The van der Waals surface area contributed by atoms with Crippen molar-refractivity contribution in [3.8, 4) is 0 Å². The predicted octanol–water partition coefficient (Wildman–Crippen LogP) is 3.18. The van der Waals surface area contributed by atoms with Crippen LogP contribution in [0.3, 0.4) is 0 Å². The smallest absolute Gasteiger partial charge is 0.227 e. The lowest BCUT2D eigenvalue weighted by Gasteiger charge is -2.39. The van der Waals surface area contributed by atoms with Crippen molar-refractivity contribution in [2.75, 3.05) is 13.1 Å². The van der Waals surface area contributed by atoms with E-state index < -0.39 is 21.7 Å². The highest BCUT2D eigenvalue weighted by Crippen LogP contribution is 2.71. The Morgan fingerprint density at radius 3 is 1.29 bits per heavy atom. The molecule has 172 valence electrons. The van der Waals surface area contributed by atoms with Gasteiger partial charge in [-0.15, -0.1) is 0 Å². The summed E-state index contributed by atoms with van der Waals surface area (Å²) in [5.74, 6) is 0.377. The van der Waals surface area contributed by atoms with E-state index in [1.807, 2.05) is 13.8 Å². The highest BCUT2D eigenvalue weighted by molar-refractivity contribution is 6.00. The molecule has 0 aromatic rings. The highest BCUT2D eigenvalue weighted by Gasteiger charge is 2.73. The van der Waals surface area contributed by atoms with Crippen LogP contribution >= 0.6 is 0 Å². The van der Waals surface area contributed by atoms with Crippen LogP contribution in [0, 0.1) is 32.5 Å². The maximum Gasteiger partial charge on any atom is 0.227 e. The van der Waals surface area contributed by atoms with E-state index in [-0.39, 0.29) is 34.2 Å². The second-order valence-corrected chi connectivity index (χ2v) is 12.1. The second kappa shape index (κ2) is 6.41. The third kappa shape index (κ3) is 2.40. The van der Waals surface area contributed by atoms with Crippen molar-refractivity contribution in [2.24, 2.45) is 32.5 Å². The van der Waals surface area contributed by atoms with Crippen molar-refractivity contribution in [3.05, 3.63) is 0 Å². The van der Waals surface area contributed by atoms with E-state index in [0.29, 0.717) is 32.4 Å². The Labute approximate surface area is 185 Å². The first-order chi connectivity index (χ1) is 14.2. The van der Waals surface area contributed by atoms with Crippen molar-refractivity contribution in [1.82, 2.24) is 10.6 Å². The van der Waals surface area contributed by atoms with Gasteiger partial charge in [-0.05, 0) is 42.9 Å². The van der Waals surface area contributed by atoms with Crippen molar-refractivity contribution in [2.45, 2.75) is 86.5 Å².